The molecular weight excluding hydrogens is 260 g/mol. The highest BCUT2D eigenvalue weighted by Gasteiger charge is 2.46. The molecule has 1 aliphatic carbocycles. The summed E-state index contributed by atoms with van der Waals surface area (Å²) in [4.78, 5) is 23.0. The van der Waals surface area contributed by atoms with E-state index >= 15 is 0 Å². The van der Waals surface area contributed by atoms with Crippen LogP contribution in [-0.4, -0.2) is 30.6 Å². The number of hydrogen-bond acceptors (Lipinski definition) is 4. The van der Waals surface area contributed by atoms with Gasteiger partial charge < -0.3 is 20.2 Å². The monoisotopic (exact) mass is 278 g/mol. The summed E-state index contributed by atoms with van der Waals surface area (Å²) in [6.07, 6.45) is 3.22. The smallest absolute Gasteiger partial charge is 0.246 e. The molecule has 0 spiro atoms. The lowest BCUT2D eigenvalue weighted by Gasteiger charge is -2.12. The molecule has 0 unspecified atom stereocenters. The van der Waals surface area contributed by atoms with Crippen molar-refractivity contribution in [1.29, 1.82) is 0 Å². The van der Waals surface area contributed by atoms with Crippen molar-refractivity contribution in [2.45, 2.75) is 37.4 Å². The van der Waals surface area contributed by atoms with Gasteiger partial charge in [-0.05, 0) is 31.4 Å². The van der Waals surface area contributed by atoms with Crippen molar-refractivity contribution in [3.8, 4) is 0 Å². The van der Waals surface area contributed by atoms with Crippen molar-refractivity contribution in [1.82, 2.24) is 5.32 Å². The Morgan fingerprint density at radius 3 is 2.90 bits per heavy atom. The zero-order valence-corrected chi connectivity index (χ0v) is 11.1. The van der Waals surface area contributed by atoms with Crippen LogP contribution >= 0.6 is 0 Å². The van der Waals surface area contributed by atoms with Gasteiger partial charge in [0.25, 0.3) is 0 Å². The van der Waals surface area contributed by atoms with Gasteiger partial charge in [0.2, 0.25) is 11.8 Å². The summed E-state index contributed by atoms with van der Waals surface area (Å²) in [5.74, 6) is 0.662. The molecule has 1 aromatic rings. The summed E-state index contributed by atoms with van der Waals surface area (Å²) in [5, 5.41) is 2.88. The Labute approximate surface area is 116 Å². The molecule has 1 saturated heterocycles. The van der Waals surface area contributed by atoms with Crippen molar-refractivity contribution in [3.05, 3.63) is 24.2 Å². The second kappa shape index (κ2) is 5.28. The molecular formula is C14H18N2O4. The number of furan rings is 1. The summed E-state index contributed by atoms with van der Waals surface area (Å²) < 4.78 is 10.8. The van der Waals surface area contributed by atoms with Crippen LogP contribution in [0, 0.1) is 5.92 Å². The van der Waals surface area contributed by atoms with Crippen LogP contribution in [0.5, 0.6) is 0 Å². The van der Waals surface area contributed by atoms with Gasteiger partial charge in [0, 0.05) is 18.4 Å². The van der Waals surface area contributed by atoms with Crippen LogP contribution < -0.4 is 11.1 Å². The van der Waals surface area contributed by atoms with E-state index in [1.54, 1.807) is 6.26 Å². The molecule has 1 saturated carbocycles. The first kappa shape index (κ1) is 13.2. The fourth-order valence-electron chi connectivity index (χ4n) is 2.71. The summed E-state index contributed by atoms with van der Waals surface area (Å²) in [7, 11) is 0. The van der Waals surface area contributed by atoms with Gasteiger partial charge in [-0.1, -0.05) is 0 Å². The minimum atomic E-state index is -0.506. The topological polar surface area (TPSA) is 94.6 Å². The third-order valence-corrected chi connectivity index (χ3v) is 3.96. The predicted molar refractivity (Wildman–Crippen MR) is 69.7 cm³/mol. The number of amides is 2. The zero-order chi connectivity index (χ0) is 14.1. The number of nitrogens with two attached hydrogens (primary N) is 1. The van der Waals surface area contributed by atoms with E-state index in [0.717, 1.165) is 18.6 Å². The standard InChI is InChI=1S/C14H18N2O4/c15-13(17)12-4-3-8(20-12)7-16-14(18)10-6-9(10)11-2-1-5-19-11/h1-2,5,8-10,12H,3-4,6-7H2,(H2,15,17)(H,16,18)/t8-,9+,10-,12+/m1/s1. The van der Waals surface area contributed by atoms with Gasteiger partial charge in [0.05, 0.1) is 12.4 Å². The van der Waals surface area contributed by atoms with Gasteiger partial charge in [0.15, 0.2) is 0 Å². The van der Waals surface area contributed by atoms with E-state index in [0.29, 0.717) is 13.0 Å². The molecule has 1 aromatic heterocycles. The maximum Gasteiger partial charge on any atom is 0.246 e. The van der Waals surface area contributed by atoms with E-state index in [-0.39, 0.29) is 23.8 Å². The minimum absolute atomic E-state index is 0.00510. The number of carbonyl (C=O) groups is 2. The molecule has 6 heteroatoms. The fraction of sp³-hybridized carbons (Fsp3) is 0.571. The van der Waals surface area contributed by atoms with Crippen LogP contribution in [0.15, 0.2) is 22.8 Å². The SMILES string of the molecule is NC(=O)[C@@H]1CC[C@H](CNC(=O)[C@@H]2C[C@@H]2c2ccco2)O1. The van der Waals surface area contributed by atoms with Crippen LogP contribution in [0.3, 0.4) is 0 Å². The van der Waals surface area contributed by atoms with Crippen LogP contribution in [0.4, 0.5) is 0 Å². The number of carbonyl (C=O) groups excluding carboxylic acids is 2. The molecule has 2 fully saturated rings. The van der Waals surface area contributed by atoms with Crippen molar-refractivity contribution in [3.63, 3.8) is 0 Å². The maximum absolute atomic E-state index is 12.0. The first-order valence-electron chi connectivity index (χ1n) is 6.91. The first-order chi connectivity index (χ1) is 9.65. The average Bonchev–Trinajstić information content (AvgIpc) is 2.89. The molecule has 20 heavy (non-hydrogen) atoms. The molecule has 108 valence electrons. The van der Waals surface area contributed by atoms with Gasteiger partial charge >= 0.3 is 0 Å². The van der Waals surface area contributed by atoms with Crippen LogP contribution in [0.1, 0.15) is 30.9 Å². The lowest BCUT2D eigenvalue weighted by Crippen LogP contribution is -2.35. The van der Waals surface area contributed by atoms with Crippen molar-refractivity contribution in [2.75, 3.05) is 6.54 Å². The lowest BCUT2D eigenvalue weighted by atomic mass is 10.2. The van der Waals surface area contributed by atoms with E-state index in [9.17, 15) is 9.59 Å². The predicted octanol–water partition coefficient (Wildman–Crippen LogP) is 0.532. The van der Waals surface area contributed by atoms with Gasteiger partial charge in [-0.3, -0.25) is 9.59 Å². The van der Waals surface area contributed by atoms with Crippen molar-refractivity contribution >= 4 is 11.8 Å². The van der Waals surface area contributed by atoms with Gasteiger partial charge in [-0.15, -0.1) is 0 Å². The molecule has 3 rings (SSSR count). The third-order valence-electron chi connectivity index (χ3n) is 3.96. The molecule has 6 nitrogen and oxygen atoms in total. The van der Waals surface area contributed by atoms with E-state index in [2.05, 4.69) is 5.32 Å². The number of ether oxygens (including phenoxy) is 1. The second-order valence-electron chi connectivity index (χ2n) is 5.44. The summed E-state index contributed by atoms with van der Waals surface area (Å²) in [6.45, 7) is 0.435. The Morgan fingerprint density at radius 1 is 1.40 bits per heavy atom. The largest absolute Gasteiger partial charge is 0.469 e. The molecule has 3 N–H and O–H groups in total. The number of nitrogens with one attached hydrogen (secondary N) is 1. The third kappa shape index (κ3) is 2.70. The minimum Gasteiger partial charge on any atom is -0.469 e. The molecule has 0 aromatic carbocycles. The van der Waals surface area contributed by atoms with Crippen LogP contribution in [0.2, 0.25) is 0 Å². The zero-order valence-electron chi connectivity index (χ0n) is 11.1. The number of primary amides is 1. The Morgan fingerprint density at radius 2 is 2.25 bits per heavy atom. The Bertz CT molecular complexity index is 499. The highest BCUT2D eigenvalue weighted by molar-refractivity contribution is 5.82. The molecule has 4 atom stereocenters. The normalized spacial score (nSPS) is 32.0. The van der Waals surface area contributed by atoms with E-state index in [1.165, 1.54) is 0 Å². The second-order valence-corrected chi connectivity index (χ2v) is 5.44. The van der Waals surface area contributed by atoms with Gasteiger partial charge in [-0.2, -0.15) is 0 Å². The summed E-state index contributed by atoms with van der Waals surface area (Å²) >= 11 is 0. The van der Waals surface area contributed by atoms with Crippen molar-refractivity contribution < 1.29 is 18.7 Å². The fourth-order valence-corrected chi connectivity index (χ4v) is 2.71. The first-order valence-corrected chi connectivity index (χ1v) is 6.91. The highest BCUT2D eigenvalue weighted by atomic mass is 16.5. The average molecular weight is 278 g/mol. The summed E-state index contributed by atoms with van der Waals surface area (Å²) in [6, 6.07) is 3.73. The van der Waals surface area contributed by atoms with E-state index < -0.39 is 12.0 Å². The molecule has 2 amide bonds. The molecule has 0 bridgehead atoms. The summed E-state index contributed by atoms with van der Waals surface area (Å²) in [5.41, 5.74) is 5.18. The Kier molecular flexibility index (Phi) is 3.48. The Balaban J connectivity index is 1.42. The van der Waals surface area contributed by atoms with E-state index in [4.69, 9.17) is 14.9 Å². The maximum atomic E-state index is 12.0. The van der Waals surface area contributed by atoms with Crippen molar-refractivity contribution in [2.24, 2.45) is 11.7 Å². The molecule has 1 aliphatic heterocycles. The molecule has 2 heterocycles. The van der Waals surface area contributed by atoms with Gasteiger partial charge in [-0.25, -0.2) is 0 Å². The number of rotatable bonds is 5. The highest BCUT2D eigenvalue weighted by Crippen LogP contribution is 2.47. The molecule has 2 aliphatic rings. The number of hydrogen-bond donors (Lipinski definition) is 2. The van der Waals surface area contributed by atoms with E-state index in [1.807, 2.05) is 12.1 Å². The van der Waals surface area contributed by atoms with Gasteiger partial charge in [0.1, 0.15) is 11.9 Å². The Hall–Kier alpha value is -1.82. The molecule has 0 radical (unpaired) electrons. The quantitative estimate of drug-likeness (QED) is 0.821. The lowest BCUT2D eigenvalue weighted by molar-refractivity contribution is -0.128. The van der Waals surface area contributed by atoms with Crippen LogP contribution in [-0.2, 0) is 14.3 Å². The van der Waals surface area contributed by atoms with Crippen LogP contribution in [0.25, 0.3) is 0 Å².